The van der Waals surface area contributed by atoms with E-state index in [-0.39, 0.29) is 17.2 Å². The van der Waals surface area contributed by atoms with Crippen molar-refractivity contribution in [3.63, 3.8) is 0 Å². The van der Waals surface area contributed by atoms with Gasteiger partial charge in [0.05, 0.1) is 22.3 Å². The fraction of sp³-hybridized carbons (Fsp3) is 0.238. The molecule has 0 radical (unpaired) electrons. The van der Waals surface area contributed by atoms with E-state index in [0.29, 0.717) is 30.3 Å². The monoisotopic (exact) mass is 495 g/mol. The summed E-state index contributed by atoms with van der Waals surface area (Å²) in [5, 5.41) is 0. The summed E-state index contributed by atoms with van der Waals surface area (Å²) in [5.74, 6) is 0.103. The van der Waals surface area contributed by atoms with Crippen molar-refractivity contribution in [2.75, 3.05) is 13.2 Å². The lowest BCUT2D eigenvalue weighted by molar-refractivity contribution is -0.129. The van der Waals surface area contributed by atoms with Gasteiger partial charge in [-0.25, -0.2) is 14.2 Å². The van der Waals surface area contributed by atoms with Crippen LogP contribution in [-0.4, -0.2) is 25.1 Å². The molecule has 3 rings (SSSR count). The van der Waals surface area contributed by atoms with E-state index in [9.17, 15) is 9.18 Å². The van der Waals surface area contributed by atoms with Gasteiger partial charge in [-0.15, -0.1) is 0 Å². The maximum Gasteiger partial charge on any atom is 0.363 e. The molecule has 0 N–H and O–H groups in total. The Hall–Kier alpha value is -2.42. The van der Waals surface area contributed by atoms with Crippen LogP contribution in [0.25, 0.3) is 6.08 Å². The smallest absolute Gasteiger partial charge is 0.363 e. The second kappa shape index (κ2) is 9.18. The van der Waals surface area contributed by atoms with Gasteiger partial charge in [-0.2, -0.15) is 0 Å². The van der Waals surface area contributed by atoms with Gasteiger partial charge in [0.15, 0.2) is 17.2 Å². The minimum Gasteiger partial charge on any atom is -0.490 e. The predicted molar refractivity (Wildman–Crippen MR) is 113 cm³/mol. The Morgan fingerprint density at radius 3 is 2.71 bits per heavy atom. The van der Waals surface area contributed by atoms with Crippen LogP contribution in [0, 0.1) is 9.39 Å². The van der Waals surface area contributed by atoms with Crippen molar-refractivity contribution in [3.8, 4) is 11.5 Å². The van der Waals surface area contributed by atoms with E-state index in [4.69, 9.17) is 14.2 Å². The van der Waals surface area contributed by atoms with Crippen molar-refractivity contribution in [2.24, 2.45) is 4.99 Å². The van der Waals surface area contributed by atoms with Gasteiger partial charge in [0.1, 0.15) is 5.82 Å². The predicted octanol–water partition coefficient (Wildman–Crippen LogP) is 4.96. The van der Waals surface area contributed by atoms with Gasteiger partial charge in [0, 0.05) is 0 Å². The van der Waals surface area contributed by atoms with E-state index in [1.165, 1.54) is 12.1 Å². The highest BCUT2D eigenvalue weighted by Gasteiger charge is 2.26. The number of esters is 1. The molecule has 0 bridgehead atoms. The number of hydrogen-bond acceptors (Lipinski definition) is 5. The SMILES string of the molecule is CCCOc1c(I)cc(/C=C2\N=C(c3ccccc3F)OC2=O)cc1OCC. The van der Waals surface area contributed by atoms with Crippen molar-refractivity contribution in [2.45, 2.75) is 20.3 Å². The lowest BCUT2D eigenvalue weighted by Gasteiger charge is -2.14. The number of carbonyl (C=O) groups is 1. The number of rotatable bonds is 7. The van der Waals surface area contributed by atoms with Crippen molar-refractivity contribution >= 4 is 40.5 Å². The van der Waals surface area contributed by atoms with E-state index < -0.39 is 11.8 Å². The van der Waals surface area contributed by atoms with Gasteiger partial charge in [0.2, 0.25) is 5.90 Å². The zero-order valence-corrected chi connectivity index (χ0v) is 17.7. The Labute approximate surface area is 176 Å². The van der Waals surface area contributed by atoms with Gasteiger partial charge >= 0.3 is 5.97 Å². The summed E-state index contributed by atoms with van der Waals surface area (Å²) >= 11 is 2.16. The van der Waals surface area contributed by atoms with Crippen molar-refractivity contribution in [3.05, 3.63) is 62.6 Å². The molecular formula is C21H19FINO4. The molecule has 0 unspecified atom stereocenters. The molecule has 146 valence electrons. The molecule has 28 heavy (non-hydrogen) atoms. The van der Waals surface area contributed by atoms with Crippen molar-refractivity contribution < 1.29 is 23.4 Å². The van der Waals surface area contributed by atoms with Gasteiger partial charge < -0.3 is 14.2 Å². The molecule has 0 amide bonds. The van der Waals surface area contributed by atoms with E-state index >= 15 is 0 Å². The number of hydrogen-bond donors (Lipinski definition) is 0. The normalized spacial score (nSPS) is 14.8. The lowest BCUT2D eigenvalue weighted by Crippen LogP contribution is -2.07. The number of cyclic esters (lactones) is 1. The Bertz CT molecular complexity index is 955. The molecule has 2 aromatic rings. The fourth-order valence-electron chi connectivity index (χ4n) is 2.60. The van der Waals surface area contributed by atoms with Crippen LogP contribution in [0.15, 0.2) is 47.1 Å². The zero-order valence-electron chi connectivity index (χ0n) is 15.5. The van der Waals surface area contributed by atoms with Crippen LogP contribution in [0.5, 0.6) is 11.5 Å². The summed E-state index contributed by atoms with van der Waals surface area (Å²) in [7, 11) is 0. The summed E-state index contributed by atoms with van der Waals surface area (Å²) < 4.78 is 31.4. The summed E-state index contributed by atoms with van der Waals surface area (Å²) in [4.78, 5) is 16.4. The molecule has 0 aromatic heterocycles. The van der Waals surface area contributed by atoms with Crippen LogP contribution in [0.2, 0.25) is 0 Å². The van der Waals surface area contributed by atoms with Crippen LogP contribution < -0.4 is 9.47 Å². The van der Waals surface area contributed by atoms with E-state index in [0.717, 1.165) is 9.99 Å². The second-order valence-corrected chi connectivity index (χ2v) is 7.09. The van der Waals surface area contributed by atoms with Crippen molar-refractivity contribution in [1.29, 1.82) is 0 Å². The van der Waals surface area contributed by atoms with Gasteiger partial charge in [0.25, 0.3) is 0 Å². The average molecular weight is 495 g/mol. The third kappa shape index (κ3) is 4.52. The first kappa shape index (κ1) is 20.3. The Balaban J connectivity index is 1.96. The Morgan fingerprint density at radius 2 is 2.00 bits per heavy atom. The molecular weight excluding hydrogens is 476 g/mol. The van der Waals surface area contributed by atoms with Crippen molar-refractivity contribution in [1.82, 2.24) is 0 Å². The van der Waals surface area contributed by atoms with Crippen LogP contribution in [-0.2, 0) is 9.53 Å². The van der Waals surface area contributed by atoms with Gasteiger partial charge in [-0.3, -0.25) is 0 Å². The van der Waals surface area contributed by atoms with E-state index in [1.54, 1.807) is 24.3 Å². The highest BCUT2D eigenvalue weighted by molar-refractivity contribution is 14.1. The third-order valence-corrected chi connectivity index (χ3v) is 4.61. The molecule has 1 aliphatic heterocycles. The minimum atomic E-state index is -0.627. The number of aliphatic imine (C=N–C) groups is 1. The highest BCUT2D eigenvalue weighted by Crippen LogP contribution is 2.35. The molecule has 0 aliphatic carbocycles. The molecule has 0 fully saturated rings. The number of halogens is 2. The molecule has 0 saturated heterocycles. The Morgan fingerprint density at radius 1 is 1.21 bits per heavy atom. The van der Waals surface area contributed by atoms with Gasteiger partial charge in [-0.1, -0.05) is 19.1 Å². The fourth-order valence-corrected chi connectivity index (χ4v) is 3.38. The average Bonchev–Trinajstić information content (AvgIpc) is 3.02. The topological polar surface area (TPSA) is 57.1 Å². The first-order valence-corrected chi connectivity index (χ1v) is 9.98. The van der Waals surface area contributed by atoms with Gasteiger partial charge in [-0.05, 0) is 71.8 Å². The number of ether oxygens (including phenoxy) is 3. The first-order valence-electron chi connectivity index (χ1n) is 8.90. The molecule has 1 aliphatic rings. The standard InChI is InChI=1S/C21H19FINO4/c1-3-9-27-19-16(23)10-13(12-18(19)26-4-2)11-17-21(25)28-20(24-17)14-7-5-6-8-15(14)22/h5-8,10-12H,3-4,9H2,1-2H3/b17-11-. The van der Waals surface area contributed by atoms with Crippen LogP contribution in [0.4, 0.5) is 4.39 Å². The molecule has 7 heteroatoms. The van der Waals surface area contributed by atoms with Crippen LogP contribution >= 0.6 is 22.6 Å². The lowest BCUT2D eigenvalue weighted by atomic mass is 10.1. The Kier molecular flexibility index (Phi) is 6.66. The molecule has 0 saturated carbocycles. The van der Waals surface area contributed by atoms with E-state index in [2.05, 4.69) is 27.6 Å². The zero-order chi connectivity index (χ0) is 20.1. The molecule has 0 spiro atoms. The summed E-state index contributed by atoms with van der Waals surface area (Å²) in [6.07, 6.45) is 2.47. The highest BCUT2D eigenvalue weighted by atomic mass is 127. The minimum absolute atomic E-state index is 0.0445. The maximum atomic E-state index is 13.9. The van der Waals surface area contributed by atoms with Crippen LogP contribution in [0.1, 0.15) is 31.4 Å². The molecule has 1 heterocycles. The molecule has 5 nitrogen and oxygen atoms in total. The second-order valence-electron chi connectivity index (χ2n) is 5.93. The maximum absolute atomic E-state index is 13.9. The third-order valence-electron chi connectivity index (χ3n) is 3.81. The number of nitrogens with zero attached hydrogens (tertiary/aromatic N) is 1. The quantitative estimate of drug-likeness (QED) is 0.310. The summed E-state index contributed by atoms with van der Waals surface area (Å²) in [6.45, 7) is 4.99. The summed E-state index contributed by atoms with van der Waals surface area (Å²) in [5.41, 5.74) is 0.952. The summed E-state index contributed by atoms with van der Waals surface area (Å²) in [6, 6.07) is 9.67. The van der Waals surface area contributed by atoms with Crippen LogP contribution in [0.3, 0.4) is 0 Å². The number of carbonyl (C=O) groups excluding carboxylic acids is 1. The first-order chi connectivity index (χ1) is 13.5. The number of benzene rings is 2. The molecule has 0 atom stereocenters. The van der Waals surface area contributed by atoms with E-state index in [1.807, 2.05) is 19.9 Å². The molecule has 2 aromatic carbocycles. The largest absolute Gasteiger partial charge is 0.490 e.